The largest absolute Gasteiger partial charge is 0.394 e. The molecule has 0 heterocycles. The van der Waals surface area contributed by atoms with Crippen molar-refractivity contribution in [2.45, 2.75) is 25.3 Å². The molecule has 0 radical (unpaired) electrons. The van der Waals surface area contributed by atoms with E-state index in [0.717, 1.165) is 23.0 Å². The minimum atomic E-state index is -0.408. The van der Waals surface area contributed by atoms with E-state index in [2.05, 4.69) is 46.4 Å². The van der Waals surface area contributed by atoms with Crippen LogP contribution in [0.2, 0.25) is 5.02 Å². The Hall–Kier alpha value is -1.03. The summed E-state index contributed by atoms with van der Waals surface area (Å²) >= 11 is 9.49. The highest BCUT2D eigenvalue weighted by atomic mass is 79.9. The lowest BCUT2D eigenvalue weighted by Crippen LogP contribution is -2.37. The van der Waals surface area contributed by atoms with Crippen molar-refractivity contribution in [1.29, 1.82) is 0 Å². The molecule has 0 fully saturated rings. The van der Waals surface area contributed by atoms with Gasteiger partial charge in [0.15, 0.2) is 0 Å². The third-order valence-corrected chi connectivity index (χ3v) is 5.39. The molecule has 110 valence electrons. The number of hydrogen-bond donors (Lipinski definition) is 2. The monoisotopic (exact) mass is 365 g/mol. The number of fused-ring (bicyclic) bond motifs is 1. The van der Waals surface area contributed by atoms with Crippen LogP contribution in [0.25, 0.3) is 0 Å². The van der Waals surface area contributed by atoms with E-state index in [4.69, 9.17) is 11.6 Å². The molecule has 1 atom stereocenters. The van der Waals surface area contributed by atoms with Crippen LogP contribution in [0.3, 0.4) is 0 Å². The van der Waals surface area contributed by atoms with Crippen molar-refractivity contribution in [2.24, 2.45) is 0 Å². The van der Waals surface area contributed by atoms with E-state index in [0.29, 0.717) is 5.02 Å². The third-order valence-electron chi connectivity index (χ3n) is 4.18. The zero-order chi connectivity index (χ0) is 15.0. The number of aliphatic hydroxyl groups excluding tert-OH is 1. The standard InChI is InChI=1S/C17H17BrClNO/c1-11-2-3-12-6-7-17(10-21,14(12)8-11)20-13-4-5-16(19)15(18)9-13/h2-5,8-9,20-21H,6-7,10H2,1H3. The lowest BCUT2D eigenvalue weighted by atomic mass is 9.91. The van der Waals surface area contributed by atoms with Crippen molar-refractivity contribution in [2.75, 3.05) is 11.9 Å². The molecule has 1 aliphatic carbocycles. The molecule has 0 aromatic heterocycles. The summed E-state index contributed by atoms with van der Waals surface area (Å²) in [6.45, 7) is 2.16. The summed E-state index contributed by atoms with van der Waals surface area (Å²) in [7, 11) is 0. The number of aryl methyl sites for hydroxylation is 2. The van der Waals surface area contributed by atoms with Crippen LogP contribution in [0, 0.1) is 6.92 Å². The predicted octanol–water partition coefficient (Wildman–Crippen LogP) is 4.66. The van der Waals surface area contributed by atoms with Gasteiger partial charge < -0.3 is 10.4 Å². The first-order valence-electron chi connectivity index (χ1n) is 6.98. The number of rotatable bonds is 3. The molecule has 2 aromatic carbocycles. The fourth-order valence-corrected chi connectivity index (χ4v) is 3.52. The van der Waals surface area contributed by atoms with E-state index >= 15 is 0 Å². The number of anilines is 1. The summed E-state index contributed by atoms with van der Waals surface area (Å²) in [5, 5.41) is 14.2. The second-order valence-corrected chi connectivity index (χ2v) is 6.92. The first-order valence-corrected chi connectivity index (χ1v) is 8.15. The van der Waals surface area contributed by atoms with Crippen molar-refractivity contribution in [3.8, 4) is 0 Å². The van der Waals surface area contributed by atoms with E-state index in [1.54, 1.807) is 0 Å². The van der Waals surface area contributed by atoms with Gasteiger partial charge in [0.2, 0.25) is 0 Å². The van der Waals surface area contributed by atoms with Gasteiger partial charge >= 0.3 is 0 Å². The van der Waals surface area contributed by atoms with E-state index in [1.165, 1.54) is 16.7 Å². The van der Waals surface area contributed by atoms with Gasteiger partial charge in [0, 0.05) is 10.2 Å². The average Bonchev–Trinajstić information content (AvgIpc) is 2.82. The smallest absolute Gasteiger partial charge is 0.0862 e. The Balaban J connectivity index is 1.99. The van der Waals surface area contributed by atoms with E-state index in [9.17, 15) is 5.11 Å². The molecule has 2 nitrogen and oxygen atoms in total. The minimum Gasteiger partial charge on any atom is -0.394 e. The second-order valence-electron chi connectivity index (χ2n) is 5.65. The Labute approximate surface area is 138 Å². The van der Waals surface area contributed by atoms with E-state index in [-0.39, 0.29) is 6.61 Å². The van der Waals surface area contributed by atoms with Crippen molar-refractivity contribution in [3.63, 3.8) is 0 Å². The summed E-state index contributed by atoms with van der Waals surface area (Å²) in [4.78, 5) is 0. The van der Waals surface area contributed by atoms with Gasteiger partial charge in [-0.05, 0) is 65.0 Å². The summed E-state index contributed by atoms with van der Waals surface area (Å²) in [5.41, 5.74) is 4.28. The Morgan fingerprint density at radius 1 is 1.29 bits per heavy atom. The zero-order valence-electron chi connectivity index (χ0n) is 11.8. The molecule has 0 bridgehead atoms. The van der Waals surface area contributed by atoms with Crippen molar-refractivity contribution < 1.29 is 5.11 Å². The van der Waals surface area contributed by atoms with Gasteiger partial charge in [-0.1, -0.05) is 35.4 Å². The molecule has 2 aromatic rings. The number of halogens is 2. The maximum Gasteiger partial charge on any atom is 0.0862 e. The molecule has 4 heteroatoms. The highest BCUT2D eigenvalue weighted by Gasteiger charge is 2.38. The molecule has 0 saturated heterocycles. The molecule has 0 spiro atoms. The van der Waals surface area contributed by atoms with Gasteiger partial charge in [-0.15, -0.1) is 0 Å². The lowest BCUT2D eigenvalue weighted by Gasteiger charge is -2.31. The first-order chi connectivity index (χ1) is 10.0. The molecular formula is C17H17BrClNO. The first kappa shape index (κ1) is 14.9. The normalized spacial score (nSPS) is 20.4. The van der Waals surface area contributed by atoms with E-state index in [1.807, 2.05) is 18.2 Å². The van der Waals surface area contributed by atoms with Gasteiger partial charge in [-0.2, -0.15) is 0 Å². The molecular weight excluding hydrogens is 350 g/mol. The molecule has 2 N–H and O–H groups in total. The SMILES string of the molecule is Cc1ccc2c(c1)C(CO)(Nc1ccc(Cl)c(Br)c1)CC2. The predicted molar refractivity (Wildman–Crippen MR) is 91.0 cm³/mol. The van der Waals surface area contributed by atoms with Crippen LogP contribution in [0.4, 0.5) is 5.69 Å². The van der Waals surface area contributed by atoms with Gasteiger partial charge in [-0.3, -0.25) is 0 Å². The Morgan fingerprint density at radius 2 is 2.10 bits per heavy atom. The zero-order valence-corrected chi connectivity index (χ0v) is 14.1. The quantitative estimate of drug-likeness (QED) is 0.828. The summed E-state index contributed by atoms with van der Waals surface area (Å²) in [6.07, 6.45) is 1.88. The van der Waals surface area contributed by atoms with Crippen molar-refractivity contribution in [3.05, 3.63) is 62.6 Å². The number of benzene rings is 2. The van der Waals surface area contributed by atoms with Crippen LogP contribution in [-0.2, 0) is 12.0 Å². The van der Waals surface area contributed by atoms with Crippen LogP contribution >= 0.6 is 27.5 Å². The Bertz CT molecular complexity index is 688. The molecule has 3 rings (SSSR count). The highest BCUT2D eigenvalue weighted by molar-refractivity contribution is 9.10. The highest BCUT2D eigenvalue weighted by Crippen LogP contribution is 2.40. The molecule has 0 amide bonds. The number of hydrogen-bond acceptors (Lipinski definition) is 2. The minimum absolute atomic E-state index is 0.0731. The van der Waals surface area contributed by atoms with E-state index < -0.39 is 5.54 Å². The average molecular weight is 367 g/mol. The van der Waals surface area contributed by atoms with Gasteiger partial charge in [0.25, 0.3) is 0 Å². The van der Waals surface area contributed by atoms with Crippen molar-refractivity contribution in [1.82, 2.24) is 0 Å². The Morgan fingerprint density at radius 3 is 2.81 bits per heavy atom. The maximum absolute atomic E-state index is 10.0. The summed E-state index contributed by atoms with van der Waals surface area (Å²) in [5.74, 6) is 0. The van der Waals surface area contributed by atoms with Crippen LogP contribution in [0.5, 0.6) is 0 Å². The second kappa shape index (κ2) is 5.64. The van der Waals surface area contributed by atoms with Crippen molar-refractivity contribution >= 4 is 33.2 Å². The molecule has 1 aliphatic rings. The van der Waals surface area contributed by atoms with Crippen LogP contribution < -0.4 is 5.32 Å². The summed E-state index contributed by atoms with van der Waals surface area (Å²) < 4.78 is 0.852. The van der Waals surface area contributed by atoms with Crippen LogP contribution in [0.15, 0.2) is 40.9 Å². The molecule has 1 unspecified atom stereocenters. The van der Waals surface area contributed by atoms with Crippen LogP contribution in [0.1, 0.15) is 23.1 Å². The van der Waals surface area contributed by atoms with Gasteiger partial charge in [0.1, 0.15) is 0 Å². The summed E-state index contributed by atoms with van der Waals surface area (Å²) in [6, 6.07) is 12.2. The number of aliphatic hydroxyl groups is 1. The number of nitrogens with one attached hydrogen (secondary N) is 1. The van der Waals surface area contributed by atoms with Gasteiger partial charge in [-0.25, -0.2) is 0 Å². The van der Waals surface area contributed by atoms with Crippen LogP contribution in [-0.4, -0.2) is 11.7 Å². The lowest BCUT2D eigenvalue weighted by molar-refractivity contribution is 0.211. The Kier molecular flexibility index (Phi) is 4.00. The van der Waals surface area contributed by atoms with Gasteiger partial charge in [0.05, 0.1) is 17.2 Å². The maximum atomic E-state index is 10.0. The fraction of sp³-hybridized carbons (Fsp3) is 0.294. The third kappa shape index (κ3) is 2.70. The molecule has 0 aliphatic heterocycles. The molecule has 21 heavy (non-hydrogen) atoms. The molecule has 0 saturated carbocycles. The fourth-order valence-electron chi connectivity index (χ4n) is 3.02. The topological polar surface area (TPSA) is 32.3 Å².